The highest BCUT2D eigenvalue weighted by Gasteiger charge is 2.22. The molecule has 1 unspecified atom stereocenters. The van der Waals surface area contributed by atoms with E-state index >= 15 is 0 Å². The molecule has 3 N–H and O–H groups in total. The summed E-state index contributed by atoms with van der Waals surface area (Å²) in [6, 6.07) is 24.0. The number of anilines is 1. The Bertz CT molecular complexity index is 1840. The molecule has 0 saturated heterocycles. The summed E-state index contributed by atoms with van der Waals surface area (Å²) in [5.41, 5.74) is 4.89. The molecule has 3 aromatic carbocycles. The second-order valence-electron chi connectivity index (χ2n) is 11.7. The minimum atomic E-state index is -1.17. The second-order valence-corrected chi connectivity index (χ2v) is 11.7. The van der Waals surface area contributed by atoms with E-state index in [1.165, 1.54) is 6.20 Å². The Kier molecular flexibility index (Phi) is 9.22. The number of ether oxygens (including phenoxy) is 1. The predicted octanol–water partition coefficient (Wildman–Crippen LogP) is 6.55. The number of nitrogens with zero attached hydrogens (tertiary/aromatic N) is 3. The molecule has 11 nitrogen and oxygen atoms in total. The molecule has 0 aliphatic carbocycles. The first-order chi connectivity index (χ1) is 21.9. The number of hydrogen-bond acceptors (Lipinski definition) is 8. The van der Waals surface area contributed by atoms with Crippen LogP contribution in [0.4, 0.5) is 10.5 Å². The van der Waals surface area contributed by atoms with E-state index in [0.29, 0.717) is 28.1 Å². The van der Waals surface area contributed by atoms with Gasteiger partial charge in [0.25, 0.3) is 11.8 Å². The van der Waals surface area contributed by atoms with Crippen LogP contribution in [0, 0.1) is 6.92 Å². The van der Waals surface area contributed by atoms with E-state index in [1.54, 1.807) is 75.4 Å². The number of aliphatic carboxylic acids is 1. The molecule has 11 heteroatoms. The molecule has 46 heavy (non-hydrogen) atoms. The molecule has 5 aromatic rings. The predicted molar refractivity (Wildman–Crippen MR) is 172 cm³/mol. The molecule has 2 amide bonds. The highest BCUT2D eigenvalue weighted by molar-refractivity contribution is 5.97. The van der Waals surface area contributed by atoms with Crippen LogP contribution >= 0.6 is 0 Å². The molecule has 0 saturated carbocycles. The third kappa shape index (κ3) is 8.20. The van der Waals surface area contributed by atoms with Gasteiger partial charge in [-0.3, -0.25) is 15.1 Å². The van der Waals surface area contributed by atoms with Gasteiger partial charge >= 0.3 is 12.1 Å². The number of amides is 2. The molecule has 2 aromatic heterocycles. The zero-order chi connectivity index (χ0) is 32.8. The lowest BCUT2D eigenvalue weighted by molar-refractivity contribution is -0.139. The summed E-state index contributed by atoms with van der Waals surface area (Å²) in [7, 11) is 0. The van der Waals surface area contributed by atoms with Crippen LogP contribution in [0.5, 0.6) is 0 Å². The van der Waals surface area contributed by atoms with Crippen molar-refractivity contribution in [3.05, 3.63) is 108 Å². The molecule has 2 heterocycles. The van der Waals surface area contributed by atoms with Crippen LogP contribution in [0.25, 0.3) is 34.1 Å². The normalized spacial score (nSPS) is 11.8. The van der Waals surface area contributed by atoms with Crippen LogP contribution in [0.1, 0.15) is 42.3 Å². The minimum Gasteiger partial charge on any atom is -0.480 e. The summed E-state index contributed by atoms with van der Waals surface area (Å²) >= 11 is 0. The largest absolute Gasteiger partial charge is 0.480 e. The van der Waals surface area contributed by atoms with Crippen molar-refractivity contribution in [2.75, 3.05) is 5.32 Å². The zero-order valence-electron chi connectivity index (χ0n) is 25.8. The van der Waals surface area contributed by atoms with Crippen molar-refractivity contribution in [2.45, 2.75) is 45.8 Å². The number of nitrogens with one attached hydrogen (secondary N) is 2. The van der Waals surface area contributed by atoms with E-state index in [9.17, 15) is 19.5 Å². The topological polar surface area (TPSA) is 157 Å². The highest BCUT2D eigenvalue weighted by atomic mass is 16.6. The molecule has 1 atom stereocenters. The summed E-state index contributed by atoms with van der Waals surface area (Å²) in [6.07, 6.45) is 0.978. The van der Waals surface area contributed by atoms with Crippen LogP contribution in [-0.4, -0.2) is 49.8 Å². The molecule has 0 spiro atoms. The van der Waals surface area contributed by atoms with Crippen molar-refractivity contribution in [3.8, 4) is 34.1 Å². The number of aromatic nitrogens is 3. The number of carbonyl (C=O) groups is 3. The van der Waals surface area contributed by atoms with E-state index in [2.05, 4.69) is 25.8 Å². The van der Waals surface area contributed by atoms with Gasteiger partial charge in [0.15, 0.2) is 0 Å². The lowest BCUT2D eigenvalue weighted by atomic mass is 10.0. The average Bonchev–Trinajstić information content (AvgIpc) is 3.51. The molecular formula is C35H33N5O6. The number of pyridine rings is 1. The Morgan fingerprint density at radius 3 is 2.28 bits per heavy atom. The zero-order valence-corrected chi connectivity index (χ0v) is 25.8. The van der Waals surface area contributed by atoms with Gasteiger partial charge in [0.05, 0.1) is 0 Å². The maximum atomic E-state index is 13.0. The Balaban J connectivity index is 1.21. The molecule has 0 radical (unpaired) electrons. The van der Waals surface area contributed by atoms with Gasteiger partial charge in [0.2, 0.25) is 5.82 Å². The Hall–Kier alpha value is -5.84. The van der Waals surface area contributed by atoms with Gasteiger partial charge in [0.1, 0.15) is 17.3 Å². The van der Waals surface area contributed by atoms with E-state index in [4.69, 9.17) is 9.26 Å². The number of hydrogen-bond donors (Lipinski definition) is 3. The van der Waals surface area contributed by atoms with Crippen LogP contribution in [0.15, 0.2) is 95.6 Å². The van der Waals surface area contributed by atoms with E-state index in [0.717, 1.165) is 16.7 Å². The first-order valence-electron chi connectivity index (χ1n) is 14.5. The van der Waals surface area contributed by atoms with Crippen molar-refractivity contribution in [1.82, 2.24) is 20.4 Å². The monoisotopic (exact) mass is 619 g/mol. The number of rotatable bonds is 9. The van der Waals surface area contributed by atoms with Gasteiger partial charge in [-0.05, 0) is 86.8 Å². The maximum absolute atomic E-state index is 13.0. The summed E-state index contributed by atoms with van der Waals surface area (Å²) < 4.78 is 10.7. The van der Waals surface area contributed by atoms with Crippen LogP contribution < -0.4 is 10.6 Å². The van der Waals surface area contributed by atoms with Gasteiger partial charge < -0.3 is 19.7 Å². The van der Waals surface area contributed by atoms with Crippen molar-refractivity contribution < 1.29 is 28.8 Å². The van der Waals surface area contributed by atoms with Gasteiger partial charge in [0, 0.05) is 29.4 Å². The van der Waals surface area contributed by atoms with Crippen molar-refractivity contribution in [2.24, 2.45) is 0 Å². The molecular weight excluding hydrogens is 586 g/mol. The summed E-state index contributed by atoms with van der Waals surface area (Å²) in [5.74, 6) is -1.15. The van der Waals surface area contributed by atoms with Crippen molar-refractivity contribution in [1.29, 1.82) is 0 Å². The van der Waals surface area contributed by atoms with Crippen molar-refractivity contribution >= 4 is 23.7 Å². The van der Waals surface area contributed by atoms with E-state index in [-0.39, 0.29) is 18.1 Å². The lowest BCUT2D eigenvalue weighted by Gasteiger charge is -2.19. The fraction of sp³-hybridized carbons (Fsp3) is 0.200. The third-order valence-corrected chi connectivity index (χ3v) is 6.81. The molecule has 0 aliphatic heterocycles. The van der Waals surface area contributed by atoms with E-state index in [1.807, 2.05) is 37.3 Å². The second kappa shape index (κ2) is 13.4. The van der Waals surface area contributed by atoms with Gasteiger partial charge in [-0.25, -0.2) is 9.59 Å². The highest BCUT2D eigenvalue weighted by Crippen LogP contribution is 2.24. The summed E-state index contributed by atoms with van der Waals surface area (Å²) in [4.78, 5) is 45.9. The molecule has 0 bridgehead atoms. The first kappa shape index (κ1) is 31.6. The number of benzene rings is 3. The fourth-order valence-corrected chi connectivity index (χ4v) is 4.50. The smallest absolute Gasteiger partial charge is 0.412 e. The van der Waals surface area contributed by atoms with Crippen LogP contribution in [0.2, 0.25) is 0 Å². The van der Waals surface area contributed by atoms with E-state index < -0.39 is 29.6 Å². The summed E-state index contributed by atoms with van der Waals surface area (Å²) in [5, 5.41) is 19.1. The number of carboxylic acid groups (broad SMARTS) is 1. The number of carbonyl (C=O) groups excluding carboxylic acids is 2. The molecule has 0 fully saturated rings. The number of carboxylic acids is 1. The summed E-state index contributed by atoms with van der Waals surface area (Å²) in [6.45, 7) is 7.35. The Morgan fingerprint density at radius 1 is 0.913 bits per heavy atom. The molecule has 234 valence electrons. The number of aryl methyl sites for hydroxylation is 1. The molecule has 0 aliphatic rings. The first-order valence-corrected chi connectivity index (χ1v) is 14.5. The lowest BCUT2D eigenvalue weighted by Crippen LogP contribution is -2.42. The minimum absolute atomic E-state index is 0.0210. The quantitative estimate of drug-likeness (QED) is 0.166. The standard InChI is InChI=1S/C35H33N5O6/c1-21-8-11-23(12-9-21)25-6-5-7-26(19-25)31(41)38-29(33(42)43)18-22-10-17-28(36-20-22)30-39-32(46-40-30)24-13-15-27(16-14-24)37-34(44)45-35(2,3)4/h5-17,19-20,29H,18H2,1-4H3,(H,37,44)(H,38,41)(H,42,43). The average molecular weight is 620 g/mol. The third-order valence-electron chi connectivity index (χ3n) is 6.81. The Morgan fingerprint density at radius 2 is 1.63 bits per heavy atom. The SMILES string of the molecule is Cc1ccc(-c2cccc(C(=O)NC(Cc3ccc(-c4noc(-c5ccc(NC(=O)OC(C)(C)C)cc5)n4)nc3)C(=O)O)c2)cc1. The molecule has 5 rings (SSSR count). The maximum Gasteiger partial charge on any atom is 0.412 e. The van der Waals surface area contributed by atoms with Gasteiger partial charge in [-0.2, -0.15) is 4.98 Å². The van der Waals surface area contributed by atoms with Crippen LogP contribution in [-0.2, 0) is 16.0 Å². The Labute approximate surface area is 265 Å². The van der Waals surface area contributed by atoms with Gasteiger partial charge in [-0.1, -0.05) is 53.2 Å². The fourth-order valence-electron chi connectivity index (χ4n) is 4.50. The van der Waals surface area contributed by atoms with Gasteiger partial charge in [-0.15, -0.1) is 0 Å². The van der Waals surface area contributed by atoms with Crippen molar-refractivity contribution in [3.63, 3.8) is 0 Å². The van der Waals surface area contributed by atoms with Crippen LogP contribution in [0.3, 0.4) is 0 Å².